The number of hydrogen-bond donors (Lipinski definition) is 1. The standard InChI is InChI=1S/C14H18N2O4.ClH/c17-14(11-4-3-6-13(10-11)16(18)19)20-9-7-12-5-1-2-8-15-12;/h3-4,6,10,12,15H,1-2,5,7-9H2;1H. The molecule has 1 unspecified atom stereocenters. The van der Waals surface area contributed by atoms with Crippen molar-refractivity contribution in [3.05, 3.63) is 39.9 Å². The van der Waals surface area contributed by atoms with E-state index in [1.165, 1.54) is 37.1 Å². The minimum Gasteiger partial charge on any atom is -0.462 e. The van der Waals surface area contributed by atoms with Gasteiger partial charge < -0.3 is 10.1 Å². The maximum Gasteiger partial charge on any atom is 0.338 e. The summed E-state index contributed by atoms with van der Waals surface area (Å²) in [6, 6.07) is 6.00. The van der Waals surface area contributed by atoms with E-state index in [0.717, 1.165) is 19.4 Å². The monoisotopic (exact) mass is 314 g/mol. The fraction of sp³-hybridized carbons (Fsp3) is 0.500. The quantitative estimate of drug-likeness (QED) is 0.513. The number of carbonyl (C=O) groups excluding carboxylic acids is 1. The molecular formula is C14H19ClN2O4. The smallest absolute Gasteiger partial charge is 0.338 e. The van der Waals surface area contributed by atoms with Crippen molar-refractivity contribution in [2.75, 3.05) is 13.2 Å². The Kier molecular flexibility index (Phi) is 7.11. The highest BCUT2D eigenvalue weighted by molar-refractivity contribution is 5.90. The van der Waals surface area contributed by atoms with Crippen molar-refractivity contribution in [3.63, 3.8) is 0 Å². The van der Waals surface area contributed by atoms with E-state index >= 15 is 0 Å². The zero-order valence-electron chi connectivity index (χ0n) is 11.6. The van der Waals surface area contributed by atoms with E-state index in [4.69, 9.17) is 4.74 Å². The van der Waals surface area contributed by atoms with Crippen LogP contribution in [0, 0.1) is 10.1 Å². The van der Waals surface area contributed by atoms with Crippen molar-refractivity contribution < 1.29 is 14.5 Å². The van der Waals surface area contributed by atoms with Gasteiger partial charge in [-0.15, -0.1) is 12.4 Å². The molecule has 0 aromatic heterocycles. The molecule has 0 spiro atoms. The van der Waals surface area contributed by atoms with Crippen molar-refractivity contribution in [3.8, 4) is 0 Å². The molecule has 0 aliphatic carbocycles. The minimum atomic E-state index is -0.525. The predicted molar refractivity (Wildman–Crippen MR) is 80.9 cm³/mol. The molecule has 1 aliphatic heterocycles. The number of halogens is 1. The maximum atomic E-state index is 11.8. The number of piperidine rings is 1. The van der Waals surface area contributed by atoms with Crippen LogP contribution in [-0.4, -0.2) is 30.1 Å². The Hall–Kier alpha value is -1.66. The second-order valence-electron chi connectivity index (χ2n) is 4.88. The largest absolute Gasteiger partial charge is 0.462 e. The van der Waals surface area contributed by atoms with E-state index < -0.39 is 10.9 Å². The van der Waals surface area contributed by atoms with Gasteiger partial charge in [0.05, 0.1) is 17.1 Å². The number of nitrogens with zero attached hydrogens (tertiary/aromatic N) is 1. The molecule has 0 amide bonds. The molecule has 1 fully saturated rings. The fourth-order valence-corrected chi connectivity index (χ4v) is 2.29. The lowest BCUT2D eigenvalue weighted by molar-refractivity contribution is -0.384. The summed E-state index contributed by atoms with van der Waals surface area (Å²) in [6.45, 7) is 1.35. The van der Waals surface area contributed by atoms with E-state index in [2.05, 4.69) is 5.32 Å². The summed E-state index contributed by atoms with van der Waals surface area (Å²) >= 11 is 0. The number of rotatable bonds is 5. The van der Waals surface area contributed by atoms with Gasteiger partial charge in [0.15, 0.2) is 0 Å². The third-order valence-electron chi connectivity index (χ3n) is 3.40. The SMILES string of the molecule is Cl.O=C(OCCC1CCCCN1)c1cccc([N+](=O)[O-])c1. The Labute approximate surface area is 129 Å². The van der Waals surface area contributed by atoms with E-state index in [1.54, 1.807) is 0 Å². The first-order valence-corrected chi connectivity index (χ1v) is 6.82. The number of nitro benzene ring substituents is 1. The summed E-state index contributed by atoms with van der Waals surface area (Å²) in [7, 11) is 0. The van der Waals surface area contributed by atoms with Gasteiger partial charge in [-0.1, -0.05) is 12.5 Å². The molecule has 2 rings (SSSR count). The Balaban J connectivity index is 0.00000220. The van der Waals surface area contributed by atoms with Gasteiger partial charge in [0.2, 0.25) is 0 Å². The first-order chi connectivity index (χ1) is 9.66. The molecule has 1 aliphatic rings. The van der Waals surface area contributed by atoms with Crippen molar-refractivity contribution in [2.24, 2.45) is 0 Å². The van der Waals surface area contributed by atoms with Crippen LogP contribution in [-0.2, 0) is 4.74 Å². The van der Waals surface area contributed by atoms with Crippen LogP contribution in [0.3, 0.4) is 0 Å². The number of esters is 1. The van der Waals surface area contributed by atoms with Gasteiger partial charge >= 0.3 is 5.97 Å². The van der Waals surface area contributed by atoms with E-state index in [9.17, 15) is 14.9 Å². The summed E-state index contributed by atoms with van der Waals surface area (Å²) in [5, 5.41) is 14.0. The summed E-state index contributed by atoms with van der Waals surface area (Å²) in [6.07, 6.45) is 4.29. The Morgan fingerprint density at radius 2 is 2.24 bits per heavy atom. The molecule has 7 heteroatoms. The number of non-ortho nitro benzene ring substituents is 1. The van der Waals surface area contributed by atoms with Crippen molar-refractivity contribution >= 4 is 24.1 Å². The molecule has 0 bridgehead atoms. The van der Waals surface area contributed by atoms with E-state index in [-0.39, 0.29) is 23.7 Å². The van der Waals surface area contributed by atoms with Gasteiger partial charge in [-0.2, -0.15) is 0 Å². The molecule has 0 radical (unpaired) electrons. The number of nitro groups is 1. The topological polar surface area (TPSA) is 81.5 Å². The summed E-state index contributed by atoms with van der Waals surface area (Å²) < 4.78 is 5.16. The molecule has 116 valence electrons. The zero-order chi connectivity index (χ0) is 14.4. The van der Waals surface area contributed by atoms with Gasteiger partial charge in [0.25, 0.3) is 5.69 Å². The van der Waals surface area contributed by atoms with Crippen LogP contribution in [0.2, 0.25) is 0 Å². The molecule has 1 saturated heterocycles. The molecule has 1 aromatic carbocycles. The lowest BCUT2D eigenvalue weighted by atomic mass is 10.0. The first-order valence-electron chi connectivity index (χ1n) is 6.82. The Morgan fingerprint density at radius 1 is 1.43 bits per heavy atom. The van der Waals surface area contributed by atoms with Crippen molar-refractivity contribution in [1.29, 1.82) is 0 Å². The van der Waals surface area contributed by atoms with Crippen LogP contribution in [0.5, 0.6) is 0 Å². The molecule has 1 N–H and O–H groups in total. The minimum absolute atomic E-state index is 0. The molecule has 0 saturated carbocycles. The Bertz CT molecular complexity index is 490. The van der Waals surface area contributed by atoms with Gasteiger partial charge in [0, 0.05) is 18.2 Å². The van der Waals surface area contributed by atoms with Crippen LogP contribution in [0.15, 0.2) is 24.3 Å². The third-order valence-corrected chi connectivity index (χ3v) is 3.40. The molecule has 1 aromatic rings. The second-order valence-corrected chi connectivity index (χ2v) is 4.88. The van der Waals surface area contributed by atoms with Gasteiger partial charge in [-0.3, -0.25) is 10.1 Å². The van der Waals surface area contributed by atoms with Crippen molar-refractivity contribution in [1.82, 2.24) is 5.32 Å². The summed E-state index contributed by atoms with van der Waals surface area (Å²) in [5.41, 5.74) is 0.115. The second kappa shape index (κ2) is 8.59. The highest BCUT2D eigenvalue weighted by Crippen LogP contribution is 2.14. The van der Waals surface area contributed by atoms with Gasteiger partial charge in [-0.25, -0.2) is 4.79 Å². The van der Waals surface area contributed by atoms with Gasteiger partial charge in [0.1, 0.15) is 0 Å². The average Bonchev–Trinajstić information content (AvgIpc) is 2.48. The maximum absolute atomic E-state index is 11.8. The van der Waals surface area contributed by atoms with Crippen LogP contribution in [0.1, 0.15) is 36.0 Å². The van der Waals surface area contributed by atoms with E-state index in [0.29, 0.717) is 12.6 Å². The van der Waals surface area contributed by atoms with Crippen LogP contribution in [0.25, 0.3) is 0 Å². The lowest BCUT2D eigenvalue weighted by Crippen LogP contribution is -2.35. The number of carbonyl (C=O) groups is 1. The molecule has 21 heavy (non-hydrogen) atoms. The van der Waals surface area contributed by atoms with Crippen LogP contribution >= 0.6 is 12.4 Å². The molecule has 1 heterocycles. The predicted octanol–water partition coefficient (Wildman–Crippen LogP) is 2.71. The normalized spacial score (nSPS) is 17.6. The number of hydrogen-bond acceptors (Lipinski definition) is 5. The number of ether oxygens (including phenoxy) is 1. The zero-order valence-corrected chi connectivity index (χ0v) is 12.4. The number of nitrogens with one attached hydrogen (secondary N) is 1. The van der Waals surface area contributed by atoms with Crippen LogP contribution in [0.4, 0.5) is 5.69 Å². The van der Waals surface area contributed by atoms with Crippen LogP contribution < -0.4 is 5.32 Å². The first kappa shape index (κ1) is 17.4. The fourth-order valence-electron chi connectivity index (χ4n) is 2.29. The third kappa shape index (κ3) is 5.32. The average molecular weight is 315 g/mol. The molecular weight excluding hydrogens is 296 g/mol. The summed E-state index contributed by atoms with van der Waals surface area (Å²) in [4.78, 5) is 21.9. The highest BCUT2D eigenvalue weighted by atomic mass is 35.5. The lowest BCUT2D eigenvalue weighted by Gasteiger charge is -2.23. The highest BCUT2D eigenvalue weighted by Gasteiger charge is 2.15. The molecule has 1 atom stereocenters. The number of benzene rings is 1. The van der Waals surface area contributed by atoms with E-state index in [1.807, 2.05) is 0 Å². The van der Waals surface area contributed by atoms with Crippen molar-refractivity contribution in [2.45, 2.75) is 31.7 Å². The summed E-state index contributed by atoms with van der Waals surface area (Å²) in [5.74, 6) is -0.510. The Morgan fingerprint density at radius 3 is 2.90 bits per heavy atom. The van der Waals surface area contributed by atoms with Gasteiger partial charge in [-0.05, 0) is 31.9 Å². The molecule has 6 nitrogen and oxygen atoms in total.